The van der Waals surface area contributed by atoms with Crippen LogP contribution in [0.5, 0.6) is 5.75 Å². The van der Waals surface area contributed by atoms with Gasteiger partial charge in [-0.25, -0.2) is 0 Å². The van der Waals surface area contributed by atoms with Crippen LogP contribution in [0.15, 0.2) is 42.5 Å². The lowest BCUT2D eigenvalue weighted by molar-refractivity contribution is 0.289. The van der Waals surface area contributed by atoms with Crippen LogP contribution in [-0.2, 0) is 12.0 Å². The number of phenols is 1. The summed E-state index contributed by atoms with van der Waals surface area (Å²) in [5, 5.41) is 11.2. The molecular weight excluding hydrogens is 342 g/mol. The molecule has 1 saturated carbocycles. The fourth-order valence-corrected chi connectivity index (χ4v) is 4.63. The second kappa shape index (κ2) is 9.13. The third-order valence-electron chi connectivity index (χ3n) is 6.77. The van der Waals surface area contributed by atoms with Gasteiger partial charge in [-0.05, 0) is 54.6 Å². The van der Waals surface area contributed by atoms with E-state index in [4.69, 9.17) is 0 Å². The summed E-state index contributed by atoms with van der Waals surface area (Å²) in [6.45, 7) is 11.8. The first-order valence-corrected chi connectivity index (χ1v) is 11.1. The molecule has 0 amide bonds. The molecule has 1 aliphatic carbocycles. The van der Waals surface area contributed by atoms with Crippen LogP contribution in [0.2, 0.25) is 0 Å². The number of aromatic hydroxyl groups is 1. The Balaban J connectivity index is 2.08. The van der Waals surface area contributed by atoms with Gasteiger partial charge in [-0.1, -0.05) is 83.4 Å². The van der Waals surface area contributed by atoms with Gasteiger partial charge in [-0.15, -0.1) is 0 Å². The maximum Gasteiger partial charge on any atom is 0.123 e. The molecule has 0 unspecified atom stereocenters. The van der Waals surface area contributed by atoms with Crippen LogP contribution in [0.1, 0.15) is 88.0 Å². The van der Waals surface area contributed by atoms with E-state index in [9.17, 15) is 5.11 Å². The molecule has 152 valence electrons. The minimum atomic E-state index is -0.0869. The molecule has 28 heavy (non-hydrogen) atoms. The Hall–Kier alpha value is -1.80. The third kappa shape index (κ3) is 4.43. The van der Waals surface area contributed by atoms with Gasteiger partial charge in [-0.3, -0.25) is 4.90 Å². The van der Waals surface area contributed by atoms with E-state index in [1.54, 1.807) is 0 Å². The zero-order valence-corrected chi connectivity index (χ0v) is 18.2. The third-order valence-corrected chi connectivity index (χ3v) is 6.77. The van der Waals surface area contributed by atoms with Crippen LogP contribution in [0, 0.1) is 0 Å². The number of nitrogens with zero attached hydrogens (tertiary/aromatic N) is 1. The highest BCUT2D eigenvalue weighted by molar-refractivity contribution is 5.50. The zero-order valence-electron chi connectivity index (χ0n) is 18.2. The van der Waals surface area contributed by atoms with E-state index in [1.807, 2.05) is 0 Å². The predicted molar refractivity (Wildman–Crippen MR) is 119 cm³/mol. The Morgan fingerprint density at radius 1 is 0.929 bits per heavy atom. The molecule has 0 radical (unpaired) electrons. The lowest BCUT2D eigenvalue weighted by atomic mass is 9.74. The molecule has 2 nitrogen and oxygen atoms in total. The molecule has 2 aromatic rings. The van der Waals surface area contributed by atoms with Gasteiger partial charge in [0.1, 0.15) is 5.75 Å². The van der Waals surface area contributed by atoms with E-state index in [2.05, 4.69) is 75.1 Å². The highest BCUT2D eigenvalue weighted by Gasteiger charge is 2.28. The van der Waals surface area contributed by atoms with Crippen molar-refractivity contribution in [1.82, 2.24) is 4.90 Å². The van der Waals surface area contributed by atoms with Crippen LogP contribution in [-0.4, -0.2) is 23.1 Å². The molecule has 0 atom stereocenters. The summed E-state index contributed by atoms with van der Waals surface area (Å²) in [5.74, 6) is 1.04. The maximum atomic E-state index is 11.2. The van der Waals surface area contributed by atoms with Gasteiger partial charge in [0.05, 0.1) is 0 Å². The molecule has 1 N–H and O–H groups in total. The molecule has 2 heteroatoms. The van der Waals surface area contributed by atoms with Gasteiger partial charge in [0, 0.05) is 17.5 Å². The first-order valence-electron chi connectivity index (χ1n) is 11.1. The smallest absolute Gasteiger partial charge is 0.123 e. The van der Waals surface area contributed by atoms with E-state index < -0.39 is 0 Å². The van der Waals surface area contributed by atoms with Gasteiger partial charge in [0.15, 0.2) is 0 Å². The van der Waals surface area contributed by atoms with Crippen molar-refractivity contribution in [2.45, 2.75) is 77.7 Å². The molecule has 0 heterocycles. The Labute approximate surface area is 171 Å². The van der Waals surface area contributed by atoms with Crippen LogP contribution >= 0.6 is 0 Å². The van der Waals surface area contributed by atoms with Crippen molar-refractivity contribution < 1.29 is 5.11 Å². The highest BCUT2D eigenvalue weighted by atomic mass is 16.3. The van der Waals surface area contributed by atoms with Crippen molar-refractivity contribution >= 4 is 0 Å². The molecule has 1 aliphatic rings. The van der Waals surface area contributed by atoms with E-state index in [-0.39, 0.29) is 5.41 Å². The molecule has 0 aliphatic heterocycles. The molecule has 1 fully saturated rings. The Morgan fingerprint density at radius 2 is 1.57 bits per heavy atom. The first kappa shape index (κ1) is 20.9. The number of phenolic OH excluding ortho intramolecular Hbond substituents is 1. The normalized spacial score (nSPS) is 15.9. The monoisotopic (exact) mass is 379 g/mol. The summed E-state index contributed by atoms with van der Waals surface area (Å²) in [6.07, 6.45) is 6.29. The average Bonchev–Trinajstić information content (AvgIpc) is 2.74. The number of benzene rings is 2. The van der Waals surface area contributed by atoms with Crippen LogP contribution in [0.25, 0.3) is 0 Å². The summed E-state index contributed by atoms with van der Waals surface area (Å²) < 4.78 is 0. The summed E-state index contributed by atoms with van der Waals surface area (Å²) in [4.78, 5) is 2.39. The van der Waals surface area contributed by atoms with Gasteiger partial charge in [0.25, 0.3) is 0 Å². The summed E-state index contributed by atoms with van der Waals surface area (Å²) in [7, 11) is 0. The standard InChI is InChI=1S/C26H37NO/c1-5-27(6-2)19-21-17-23(26(3,4)22-15-11-8-12-16-22)18-24(25(21)28)20-13-9-7-10-14-20/h8,11-12,15-18,20,28H,5-7,9-10,13-14,19H2,1-4H3. The Kier molecular flexibility index (Phi) is 6.82. The SMILES string of the molecule is CCN(CC)Cc1cc(C(C)(C)c2ccccc2)cc(C2CCCCC2)c1O. The lowest BCUT2D eigenvalue weighted by Crippen LogP contribution is -2.24. The number of hydrogen-bond acceptors (Lipinski definition) is 2. The molecule has 0 bridgehead atoms. The van der Waals surface area contributed by atoms with Crippen molar-refractivity contribution in [2.24, 2.45) is 0 Å². The second-order valence-electron chi connectivity index (χ2n) is 8.86. The minimum Gasteiger partial charge on any atom is -0.507 e. The van der Waals surface area contributed by atoms with Crippen LogP contribution < -0.4 is 0 Å². The van der Waals surface area contributed by atoms with Crippen LogP contribution in [0.3, 0.4) is 0 Å². The first-order chi connectivity index (χ1) is 13.5. The second-order valence-corrected chi connectivity index (χ2v) is 8.86. The van der Waals surface area contributed by atoms with Crippen LogP contribution in [0.4, 0.5) is 0 Å². The average molecular weight is 380 g/mol. The predicted octanol–water partition coefficient (Wildman–Crippen LogP) is 6.61. The van der Waals surface area contributed by atoms with E-state index in [0.29, 0.717) is 11.7 Å². The number of hydrogen-bond donors (Lipinski definition) is 1. The van der Waals surface area contributed by atoms with Crippen molar-refractivity contribution in [3.05, 3.63) is 64.7 Å². The molecule has 0 saturated heterocycles. The quantitative estimate of drug-likeness (QED) is 0.585. The Bertz CT molecular complexity index is 756. The van der Waals surface area contributed by atoms with E-state index in [0.717, 1.165) is 25.2 Å². The van der Waals surface area contributed by atoms with Gasteiger partial charge in [-0.2, -0.15) is 0 Å². The molecule has 0 spiro atoms. The maximum absolute atomic E-state index is 11.2. The topological polar surface area (TPSA) is 23.5 Å². The zero-order chi connectivity index (χ0) is 20.1. The van der Waals surface area contributed by atoms with E-state index in [1.165, 1.54) is 48.8 Å². The van der Waals surface area contributed by atoms with E-state index >= 15 is 0 Å². The fraction of sp³-hybridized carbons (Fsp3) is 0.538. The summed E-state index contributed by atoms with van der Waals surface area (Å²) in [6, 6.07) is 15.3. The Morgan fingerprint density at radius 3 is 2.18 bits per heavy atom. The van der Waals surface area contributed by atoms with Crippen molar-refractivity contribution in [3.8, 4) is 5.75 Å². The molecule has 0 aromatic heterocycles. The van der Waals surface area contributed by atoms with Crippen molar-refractivity contribution in [2.75, 3.05) is 13.1 Å². The lowest BCUT2D eigenvalue weighted by Gasteiger charge is -2.31. The van der Waals surface area contributed by atoms with Crippen molar-refractivity contribution in [1.29, 1.82) is 0 Å². The summed E-state index contributed by atoms with van der Waals surface area (Å²) >= 11 is 0. The summed E-state index contributed by atoms with van der Waals surface area (Å²) in [5.41, 5.74) is 4.83. The van der Waals surface area contributed by atoms with Gasteiger partial charge >= 0.3 is 0 Å². The fourth-order valence-electron chi connectivity index (χ4n) is 4.63. The minimum absolute atomic E-state index is 0.0869. The molecule has 2 aromatic carbocycles. The van der Waals surface area contributed by atoms with Crippen molar-refractivity contribution in [3.63, 3.8) is 0 Å². The van der Waals surface area contributed by atoms with Gasteiger partial charge < -0.3 is 5.11 Å². The highest BCUT2D eigenvalue weighted by Crippen LogP contribution is 2.42. The largest absolute Gasteiger partial charge is 0.507 e. The molecule has 3 rings (SSSR count). The molecular formula is C26H37NO. The number of rotatable bonds is 7. The van der Waals surface area contributed by atoms with Gasteiger partial charge in [0.2, 0.25) is 0 Å².